The largest absolute Gasteiger partial charge is 0.340 e. The Morgan fingerprint density at radius 1 is 1.18 bits per heavy atom. The van der Waals surface area contributed by atoms with E-state index in [0.717, 1.165) is 55.8 Å². The van der Waals surface area contributed by atoms with Crippen molar-refractivity contribution in [3.05, 3.63) is 21.3 Å². The monoisotopic (exact) mass is 340 g/mol. The Morgan fingerprint density at radius 2 is 1.91 bits per heavy atom. The van der Waals surface area contributed by atoms with Crippen LogP contribution in [0.1, 0.15) is 43.4 Å². The maximum Gasteiger partial charge on any atom is 0.222 e. The summed E-state index contributed by atoms with van der Waals surface area (Å²) in [6, 6.07) is 4.07. The van der Waals surface area contributed by atoms with E-state index in [1.54, 1.807) is 11.3 Å². The van der Waals surface area contributed by atoms with Gasteiger partial charge in [-0.3, -0.25) is 9.69 Å². The number of piperazine rings is 1. The van der Waals surface area contributed by atoms with E-state index in [9.17, 15) is 4.79 Å². The first kappa shape index (κ1) is 16.3. The number of halogens is 1. The first-order valence-corrected chi connectivity index (χ1v) is 9.64. The third-order valence-corrected chi connectivity index (χ3v) is 6.19. The van der Waals surface area contributed by atoms with Crippen molar-refractivity contribution in [3.63, 3.8) is 0 Å². The van der Waals surface area contributed by atoms with Gasteiger partial charge < -0.3 is 4.90 Å². The highest BCUT2D eigenvalue weighted by Crippen LogP contribution is 2.29. The Hall–Kier alpha value is -0.580. The van der Waals surface area contributed by atoms with E-state index in [-0.39, 0.29) is 0 Å². The van der Waals surface area contributed by atoms with Crippen LogP contribution in [-0.2, 0) is 11.3 Å². The first-order valence-electron chi connectivity index (χ1n) is 8.45. The predicted octanol–water partition coefficient (Wildman–Crippen LogP) is 4.02. The van der Waals surface area contributed by atoms with Gasteiger partial charge in [0.25, 0.3) is 0 Å². The number of hydrogen-bond donors (Lipinski definition) is 0. The standard InChI is InChI=1S/C17H25ClN2OS/c18-16-7-6-15(22-16)13-19-9-11-20(12-10-19)17(21)8-5-14-3-1-2-4-14/h6-7,14H,1-5,8-13H2. The minimum atomic E-state index is 0.366. The summed E-state index contributed by atoms with van der Waals surface area (Å²) >= 11 is 7.63. The van der Waals surface area contributed by atoms with Crippen LogP contribution in [0.5, 0.6) is 0 Å². The van der Waals surface area contributed by atoms with E-state index < -0.39 is 0 Å². The minimum absolute atomic E-state index is 0.366. The van der Waals surface area contributed by atoms with Crippen molar-refractivity contribution in [2.24, 2.45) is 5.92 Å². The van der Waals surface area contributed by atoms with Crippen LogP contribution in [0.2, 0.25) is 4.34 Å². The molecule has 1 aliphatic carbocycles. The van der Waals surface area contributed by atoms with Gasteiger partial charge in [0.05, 0.1) is 4.34 Å². The maximum absolute atomic E-state index is 12.3. The maximum atomic E-state index is 12.3. The zero-order valence-electron chi connectivity index (χ0n) is 13.1. The molecule has 5 heteroatoms. The number of rotatable bonds is 5. The molecule has 122 valence electrons. The molecule has 1 aliphatic heterocycles. The summed E-state index contributed by atoms with van der Waals surface area (Å²) in [5.41, 5.74) is 0. The topological polar surface area (TPSA) is 23.6 Å². The molecule has 22 heavy (non-hydrogen) atoms. The lowest BCUT2D eigenvalue weighted by atomic mass is 10.0. The van der Waals surface area contributed by atoms with Gasteiger partial charge in [0, 0.05) is 44.0 Å². The van der Waals surface area contributed by atoms with Crippen LogP contribution >= 0.6 is 22.9 Å². The van der Waals surface area contributed by atoms with Gasteiger partial charge in [-0.2, -0.15) is 0 Å². The van der Waals surface area contributed by atoms with Gasteiger partial charge in [0.15, 0.2) is 0 Å². The summed E-state index contributed by atoms with van der Waals surface area (Å²) in [6.45, 7) is 4.67. The molecule has 0 aromatic carbocycles. The van der Waals surface area contributed by atoms with Crippen LogP contribution in [0, 0.1) is 5.92 Å². The van der Waals surface area contributed by atoms with Gasteiger partial charge >= 0.3 is 0 Å². The summed E-state index contributed by atoms with van der Waals surface area (Å²) in [4.78, 5) is 18.1. The molecule has 3 rings (SSSR count). The van der Waals surface area contributed by atoms with E-state index in [0.29, 0.717) is 5.91 Å². The number of carbonyl (C=O) groups is 1. The number of nitrogens with zero attached hydrogens (tertiary/aromatic N) is 2. The summed E-state index contributed by atoms with van der Waals surface area (Å²) < 4.78 is 0.857. The molecule has 1 amide bonds. The molecule has 2 fully saturated rings. The van der Waals surface area contributed by atoms with Crippen molar-refractivity contribution in [2.75, 3.05) is 26.2 Å². The van der Waals surface area contributed by atoms with E-state index in [1.165, 1.54) is 30.6 Å². The van der Waals surface area contributed by atoms with Crippen molar-refractivity contribution in [1.29, 1.82) is 0 Å². The molecular formula is C17H25ClN2OS. The smallest absolute Gasteiger partial charge is 0.222 e. The van der Waals surface area contributed by atoms with Gasteiger partial charge in [-0.05, 0) is 24.5 Å². The molecule has 0 unspecified atom stereocenters. The molecule has 0 bridgehead atoms. The molecule has 1 saturated carbocycles. The van der Waals surface area contributed by atoms with Crippen molar-refractivity contribution in [2.45, 2.75) is 45.1 Å². The lowest BCUT2D eigenvalue weighted by molar-refractivity contribution is -0.133. The molecule has 2 aliphatic rings. The second-order valence-electron chi connectivity index (χ2n) is 6.55. The average molecular weight is 341 g/mol. The number of thiophene rings is 1. The molecule has 0 N–H and O–H groups in total. The number of amides is 1. The Bertz CT molecular complexity index is 491. The van der Waals surface area contributed by atoms with Crippen molar-refractivity contribution in [1.82, 2.24) is 9.80 Å². The Balaban J connectivity index is 1.38. The van der Waals surface area contributed by atoms with Crippen molar-refractivity contribution >= 4 is 28.8 Å². The second-order valence-corrected chi connectivity index (χ2v) is 8.35. The highest BCUT2D eigenvalue weighted by atomic mass is 35.5. The third kappa shape index (κ3) is 4.46. The molecule has 0 radical (unpaired) electrons. The molecular weight excluding hydrogens is 316 g/mol. The second kappa shape index (κ2) is 7.80. The van der Waals surface area contributed by atoms with Crippen molar-refractivity contribution in [3.8, 4) is 0 Å². The average Bonchev–Trinajstić information content (AvgIpc) is 3.17. The summed E-state index contributed by atoms with van der Waals surface area (Å²) in [5.74, 6) is 1.18. The quantitative estimate of drug-likeness (QED) is 0.808. The lowest BCUT2D eigenvalue weighted by Gasteiger charge is -2.34. The molecule has 0 spiro atoms. The van der Waals surface area contributed by atoms with Crippen LogP contribution < -0.4 is 0 Å². The summed E-state index contributed by atoms with van der Waals surface area (Å²) in [6.07, 6.45) is 7.27. The molecule has 1 aromatic heterocycles. The van der Waals surface area contributed by atoms with Gasteiger partial charge in [-0.25, -0.2) is 0 Å². The van der Waals surface area contributed by atoms with Gasteiger partial charge in [-0.1, -0.05) is 37.3 Å². The van der Waals surface area contributed by atoms with Gasteiger partial charge in [0.1, 0.15) is 0 Å². The van der Waals surface area contributed by atoms with Gasteiger partial charge in [-0.15, -0.1) is 11.3 Å². The van der Waals surface area contributed by atoms with E-state index in [4.69, 9.17) is 11.6 Å². The Labute approximate surface area is 142 Å². The minimum Gasteiger partial charge on any atom is -0.340 e. The number of hydrogen-bond acceptors (Lipinski definition) is 3. The van der Waals surface area contributed by atoms with Crippen molar-refractivity contribution < 1.29 is 4.79 Å². The molecule has 1 saturated heterocycles. The predicted molar refractivity (Wildman–Crippen MR) is 92.4 cm³/mol. The van der Waals surface area contributed by atoms with Crippen LogP contribution in [0.3, 0.4) is 0 Å². The number of carbonyl (C=O) groups excluding carboxylic acids is 1. The fourth-order valence-corrected chi connectivity index (χ4v) is 4.73. The fourth-order valence-electron chi connectivity index (χ4n) is 3.60. The Morgan fingerprint density at radius 3 is 2.55 bits per heavy atom. The van der Waals surface area contributed by atoms with Gasteiger partial charge in [0.2, 0.25) is 5.91 Å². The van der Waals surface area contributed by atoms with E-state index >= 15 is 0 Å². The SMILES string of the molecule is O=C(CCC1CCCC1)N1CCN(Cc2ccc(Cl)s2)CC1. The lowest BCUT2D eigenvalue weighted by Crippen LogP contribution is -2.48. The Kier molecular flexibility index (Phi) is 5.77. The first-order chi connectivity index (χ1) is 10.7. The molecule has 0 atom stereocenters. The van der Waals surface area contributed by atoms with E-state index in [1.807, 2.05) is 6.07 Å². The molecule has 1 aromatic rings. The zero-order chi connectivity index (χ0) is 15.4. The van der Waals surface area contributed by atoms with Crippen LogP contribution in [0.15, 0.2) is 12.1 Å². The summed E-state index contributed by atoms with van der Waals surface area (Å²) in [5, 5.41) is 0. The normalized spacial score (nSPS) is 20.7. The highest BCUT2D eigenvalue weighted by Gasteiger charge is 2.23. The zero-order valence-corrected chi connectivity index (χ0v) is 14.7. The fraction of sp³-hybridized carbons (Fsp3) is 0.706. The third-order valence-electron chi connectivity index (χ3n) is 4.97. The summed E-state index contributed by atoms with van der Waals surface area (Å²) in [7, 11) is 0. The molecule has 3 nitrogen and oxygen atoms in total. The van der Waals surface area contributed by atoms with Crippen LogP contribution in [0.4, 0.5) is 0 Å². The highest BCUT2D eigenvalue weighted by molar-refractivity contribution is 7.16. The van der Waals surface area contributed by atoms with Crippen LogP contribution in [-0.4, -0.2) is 41.9 Å². The van der Waals surface area contributed by atoms with Crippen LogP contribution in [0.25, 0.3) is 0 Å². The molecule has 2 heterocycles. The van der Waals surface area contributed by atoms with E-state index in [2.05, 4.69) is 15.9 Å².